The number of hydrogen-bond donors (Lipinski definition) is 1. The number of nitrogens with zero attached hydrogens (tertiary/aromatic N) is 2. The van der Waals surface area contributed by atoms with Crippen molar-refractivity contribution in [1.82, 2.24) is 10.2 Å². The number of nitriles is 1. The summed E-state index contributed by atoms with van der Waals surface area (Å²) >= 11 is 0. The average Bonchev–Trinajstić information content (AvgIpc) is 2.42. The molecule has 1 amide bonds. The van der Waals surface area contributed by atoms with Crippen LogP contribution >= 0.6 is 0 Å². The maximum Gasteiger partial charge on any atom is 0.240 e. The number of carbonyl (C=O) groups is 1. The third kappa shape index (κ3) is 3.69. The zero-order chi connectivity index (χ0) is 13.4. The van der Waals surface area contributed by atoms with Gasteiger partial charge in [0.25, 0.3) is 0 Å². The number of amides is 1. The molecule has 0 aromatic carbocycles. The quantitative estimate of drug-likeness (QED) is 0.759. The minimum Gasteiger partial charge on any atom is -0.379 e. The summed E-state index contributed by atoms with van der Waals surface area (Å²) in [4.78, 5) is 14.3. The van der Waals surface area contributed by atoms with E-state index in [2.05, 4.69) is 16.3 Å². The zero-order valence-corrected chi connectivity index (χ0v) is 11.4. The van der Waals surface area contributed by atoms with Crippen LogP contribution in [-0.4, -0.2) is 50.2 Å². The number of ether oxygens (including phenoxy) is 1. The largest absolute Gasteiger partial charge is 0.379 e. The van der Waals surface area contributed by atoms with Gasteiger partial charge in [-0.1, -0.05) is 13.8 Å². The second-order valence-electron chi connectivity index (χ2n) is 4.61. The molecule has 0 atom stereocenters. The van der Waals surface area contributed by atoms with Crippen LogP contribution < -0.4 is 5.32 Å². The fourth-order valence-electron chi connectivity index (χ4n) is 2.10. The fourth-order valence-corrected chi connectivity index (χ4v) is 2.10. The molecule has 1 fully saturated rings. The van der Waals surface area contributed by atoms with E-state index in [0.29, 0.717) is 19.4 Å². The van der Waals surface area contributed by atoms with Gasteiger partial charge in [-0.3, -0.25) is 9.69 Å². The smallest absolute Gasteiger partial charge is 0.240 e. The minimum absolute atomic E-state index is 0.136. The van der Waals surface area contributed by atoms with Crippen molar-refractivity contribution in [3.05, 3.63) is 0 Å². The van der Waals surface area contributed by atoms with Gasteiger partial charge >= 0.3 is 0 Å². The number of carbonyl (C=O) groups excluding carboxylic acids is 1. The lowest BCUT2D eigenvalue weighted by Crippen LogP contribution is -2.45. The van der Waals surface area contributed by atoms with Gasteiger partial charge in [0.1, 0.15) is 5.41 Å². The summed E-state index contributed by atoms with van der Waals surface area (Å²) in [5.74, 6) is -0.136. The normalized spacial score (nSPS) is 17.2. The Balaban J connectivity index is 2.33. The van der Waals surface area contributed by atoms with Gasteiger partial charge in [-0.25, -0.2) is 0 Å². The van der Waals surface area contributed by atoms with E-state index >= 15 is 0 Å². The Bertz CT molecular complexity index is 302. The molecule has 0 aliphatic carbocycles. The lowest BCUT2D eigenvalue weighted by Gasteiger charge is -2.27. The summed E-state index contributed by atoms with van der Waals surface area (Å²) in [5.41, 5.74) is -0.856. The van der Waals surface area contributed by atoms with Crippen molar-refractivity contribution in [3.63, 3.8) is 0 Å². The van der Waals surface area contributed by atoms with Gasteiger partial charge in [0.2, 0.25) is 5.91 Å². The summed E-state index contributed by atoms with van der Waals surface area (Å²) in [6.45, 7) is 8.55. The molecule has 1 rings (SSSR count). The molecule has 1 saturated heterocycles. The first-order chi connectivity index (χ1) is 8.68. The molecule has 0 aromatic rings. The van der Waals surface area contributed by atoms with Crippen LogP contribution in [0.4, 0.5) is 0 Å². The molecular formula is C13H23N3O2. The van der Waals surface area contributed by atoms with Gasteiger partial charge in [0.15, 0.2) is 0 Å². The SMILES string of the molecule is CCC(C#N)(CC)C(=O)NCCN1CCOCC1. The van der Waals surface area contributed by atoms with Crippen molar-refractivity contribution in [2.75, 3.05) is 39.4 Å². The molecule has 0 unspecified atom stereocenters. The summed E-state index contributed by atoms with van der Waals surface area (Å²) in [6.07, 6.45) is 1.12. The van der Waals surface area contributed by atoms with Crippen LogP contribution in [0.2, 0.25) is 0 Å². The number of rotatable bonds is 6. The van der Waals surface area contributed by atoms with Gasteiger partial charge in [0.05, 0.1) is 19.3 Å². The molecule has 0 aromatic heterocycles. The molecule has 1 N–H and O–H groups in total. The van der Waals surface area contributed by atoms with Crippen molar-refractivity contribution in [2.24, 2.45) is 5.41 Å². The number of hydrogen-bond acceptors (Lipinski definition) is 4. The van der Waals surface area contributed by atoms with Gasteiger partial charge < -0.3 is 10.1 Å². The Morgan fingerprint density at radius 3 is 2.50 bits per heavy atom. The molecule has 1 aliphatic heterocycles. The van der Waals surface area contributed by atoms with Crippen molar-refractivity contribution in [3.8, 4) is 6.07 Å². The number of morpholine rings is 1. The number of nitrogens with one attached hydrogen (secondary N) is 1. The van der Waals surface area contributed by atoms with E-state index < -0.39 is 5.41 Å². The van der Waals surface area contributed by atoms with Crippen LogP contribution in [0.15, 0.2) is 0 Å². The van der Waals surface area contributed by atoms with Crippen LogP contribution in [0.3, 0.4) is 0 Å². The first kappa shape index (κ1) is 14.9. The molecular weight excluding hydrogens is 230 g/mol. The van der Waals surface area contributed by atoms with Gasteiger partial charge in [-0.05, 0) is 12.8 Å². The monoisotopic (exact) mass is 253 g/mol. The third-order valence-electron chi connectivity index (χ3n) is 3.67. The van der Waals surface area contributed by atoms with Gasteiger partial charge in [-0.15, -0.1) is 0 Å². The predicted octanol–water partition coefficient (Wildman–Crippen LogP) is 0.765. The second kappa shape index (κ2) is 7.34. The van der Waals surface area contributed by atoms with E-state index in [9.17, 15) is 4.79 Å². The average molecular weight is 253 g/mol. The first-order valence-corrected chi connectivity index (χ1v) is 6.68. The van der Waals surface area contributed by atoms with E-state index in [-0.39, 0.29) is 5.91 Å². The summed E-state index contributed by atoms with van der Waals surface area (Å²) in [6, 6.07) is 2.16. The zero-order valence-electron chi connectivity index (χ0n) is 11.4. The van der Waals surface area contributed by atoms with E-state index in [1.165, 1.54) is 0 Å². The molecule has 0 radical (unpaired) electrons. The molecule has 1 aliphatic rings. The van der Waals surface area contributed by atoms with Gasteiger partial charge in [-0.2, -0.15) is 5.26 Å². The topological polar surface area (TPSA) is 65.4 Å². The molecule has 0 spiro atoms. The predicted molar refractivity (Wildman–Crippen MR) is 68.9 cm³/mol. The van der Waals surface area contributed by atoms with Crippen LogP contribution in [0.5, 0.6) is 0 Å². The maximum absolute atomic E-state index is 12.0. The third-order valence-corrected chi connectivity index (χ3v) is 3.67. The Morgan fingerprint density at radius 1 is 1.39 bits per heavy atom. The molecule has 5 heteroatoms. The molecule has 0 bridgehead atoms. The van der Waals surface area contributed by atoms with Gasteiger partial charge in [0, 0.05) is 26.2 Å². The molecule has 0 saturated carbocycles. The highest BCUT2D eigenvalue weighted by Gasteiger charge is 2.34. The van der Waals surface area contributed by atoms with Crippen LogP contribution in [0, 0.1) is 16.7 Å². The van der Waals surface area contributed by atoms with Crippen LogP contribution in [0.25, 0.3) is 0 Å². The lowest BCUT2D eigenvalue weighted by molar-refractivity contribution is -0.128. The summed E-state index contributed by atoms with van der Waals surface area (Å²) in [5, 5.41) is 12.0. The standard InChI is InChI=1S/C13H23N3O2/c1-3-13(4-2,11-14)12(17)15-5-6-16-7-9-18-10-8-16/h3-10H2,1-2H3,(H,15,17). The van der Waals surface area contributed by atoms with E-state index in [4.69, 9.17) is 10.00 Å². The Kier molecular flexibility index (Phi) is 6.10. The lowest BCUT2D eigenvalue weighted by atomic mass is 9.83. The highest BCUT2D eigenvalue weighted by atomic mass is 16.5. The Hall–Kier alpha value is -1.12. The molecule has 1 heterocycles. The van der Waals surface area contributed by atoms with Crippen LogP contribution in [-0.2, 0) is 9.53 Å². The van der Waals surface area contributed by atoms with E-state index in [1.807, 2.05) is 13.8 Å². The molecule has 5 nitrogen and oxygen atoms in total. The highest BCUT2D eigenvalue weighted by Crippen LogP contribution is 2.25. The summed E-state index contributed by atoms with van der Waals surface area (Å²) in [7, 11) is 0. The fraction of sp³-hybridized carbons (Fsp3) is 0.846. The van der Waals surface area contributed by atoms with E-state index in [1.54, 1.807) is 0 Å². The Labute approximate surface area is 109 Å². The van der Waals surface area contributed by atoms with Crippen molar-refractivity contribution >= 4 is 5.91 Å². The second-order valence-corrected chi connectivity index (χ2v) is 4.61. The highest BCUT2D eigenvalue weighted by molar-refractivity contribution is 5.85. The van der Waals surface area contributed by atoms with Crippen molar-refractivity contribution < 1.29 is 9.53 Å². The molecule has 102 valence electrons. The van der Waals surface area contributed by atoms with Crippen molar-refractivity contribution in [2.45, 2.75) is 26.7 Å². The van der Waals surface area contributed by atoms with Crippen LogP contribution in [0.1, 0.15) is 26.7 Å². The maximum atomic E-state index is 12.0. The summed E-state index contributed by atoms with van der Waals surface area (Å²) < 4.78 is 5.26. The first-order valence-electron chi connectivity index (χ1n) is 6.68. The minimum atomic E-state index is -0.856. The van der Waals surface area contributed by atoms with E-state index in [0.717, 1.165) is 32.8 Å². The molecule has 18 heavy (non-hydrogen) atoms. The Morgan fingerprint density at radius 2 is 2.00 bits per heavy atom. The van der Waals surface area contributed by atoms with Crippen molar-refractivity contribution in [1.29, 1.82) is 5.26 Å².